The molecule has 0 aliphatic heterocycles. The molecule has 124 valence electrons. The second-order valence-electron chi connectivity index (χ2n) is 6.00. The van der Waals surface area contributed by atoms with Gasteiger partial charge in [-0.1, -0.05) is 26.0 Å². The van der Waals surface area contributed by atoms with Crippen molar-refractivity contribution in [1.82, 2.24) is 9.55 Å². The minimum Gasteiger partial charge on any atom is -0.512 e. The van der Waals surface area contributed by atoms with Crippen molar-refractivity contribution in [2.45, 2.75) is 26.3 Å². The number of H-pyrrole nitrogens is 1. The molecule has 0 radical (unpaired) electrons. The number of aromatic amines is 1. The van der Waals surface area contributed by atoms with Gasteiger partial charge in [0.25, 0.3) is 5.56 Å². The first-order chi connectivity index (χ1) is 11.5. The molecule has 0 aliphatic rings. The molecule has 3 N–H and O–H groups in total. The maximum atomic E-state index is 12.0. The fraction of sp³-hybridized carbons (Fsp3) is 0.235. The van der Waals surface area contributed by atoms with Crippen LogP contribution in [0.25, 0.3) is 10.9 Å². The quantitative estimate of drug-likeness (QED) is 0.625. The van der Waals surface area contributed by atoms with Gasteiger partial charge in [-0.3, -0.25) is 4.79 Å². The molecule has 24 heavy (non-hydrogen) atoms. The third-order valence-electron chi connectivity index (χ3n) is 3.97. The lowest BCUT2D eigenvalue weighted by atomic mass is 10.1. The Kier molecular flexibility index (Phi) is 4.46. The molecule has 1 aromatic carbocycles. The number of benzene rings is 1. The van der Waals surface area contributed by atoms with Gasteiger partial charge in [-0.15, -0.1) is 0 Å². The Balaban J connectivity index is 1.98. The van der Waals surface area contributed by atoms with Crippen LogP contribution in [0.1, 0.15) is 31.0 Å². The SMILES string of the molecule is CC(C)c1cc2c(=O)[nH]ccc2n1Cc1ccc(OB(O)O)cc1. The molecule has 7 heteroatoms. The van der Waals surface area contributed by atoms with Gasteiger partial charge in [-0.25, -0.2) is 0 Å². The zero-order valence-electron chi connectivity index (χ0n) is 13.6. The number of fused-ring (bicyclic) bond motifs is 1. The van der Waals surface area contributed by atoms with E-state index in [1.165, 1.54) is 0 Å². The van der Waals surface area contributed by atoms with Crippen LogP contribution < -0.4 is 10.2 Å². The first-order valence-electron chi connectivity index (χ1n) is 7.78. The summed E-state index contributed by atoms with van der Waals surface area (Å²) in [6.45, 7) is 4.80. The van der Waals surface area contributed by atoms with E-state index in [9.17, 15) is 4.79 Å². The van der Waals surface area contributed by atoms with Crippen LogP contribution in [0.5, 0.6) is 5.75 Å². The van der Waals surface area contributed by atoms with Crippen LogP contribution in [0.15, 0.2) is 47.4 Å². The molecule has 0 amide bonds. The molecule has 0 unspecified atom stereocenters. The van der Waals surface area contributed by atoms with E-state index in [-0.39, 0.29) is 11.5 Å². The summed E-state index contributed by atoms with van der Waals surface area (Å²) < 4.78 is 6.94. The molecule has 2 aromatic heterocycles. The van der Waals surface area contributed by atoms with E-state index in [4.69, 9.17) is 14.7 Å². The zero-order valence-corrected chi connectivity index (χ0v) is 13.6. The molecule has 3 rings (SSSR count). The molecule has 0 spiro atoms. The van der Waals surface area contributed by atoms with E-state index >= 15 is 0 Å². The molecule has 6 nitrogen and oxygen atoms in total. The first kappa shape index (κ1) is 16.4. The largest absolute Gasteiger partial charge is 0.707 e. The van der Waals surface area contributed by atoms with Gasteiger partial charge in [-0.05, 0) is 35.7 Å². The summed E-state index contributed by atoms with van der Waals surface area (Å²) in [6, 6.07) is 10.9. The number of aromatic nitrogens is 2. The average Bonchev–Trinajstić information content (AvgIpc) is 2.89. The Bertz CT molecular complexity index is 897. The van der Waals surface area contributed by atoms with Gasteiger partial charge >= 0.3 is 7.32 Å². The summed E-state index contributed by atoms with van der Waals surface area (Å²) in [4.78, 5) is 14.7. The van der Waals surface area contributed by atoms with Gasteiger partial charge < -0.3 is 24.3 Å². The summed E-state index contributed by atoms with van der Waals surface area (Å²) >= 11 is 0. The van der Waals surface area contributed by atoms with Crippen LogP contribution in [0.2, 0.25) is 0 Å². The second-order valence-corrected chi connectivity index (χ2v) is 6.00. The molecule has 0 bridgehead atoms. The molecular weight excluding hydrogens is 307 g/mol. The van der Waals surface area contributed by atoms with E-state index in [0.717, 1.165) is 16.8 Å². The maximum Gasteiger partial charge on any atom is 0.707 e. The predicted molar refractivity (Wildman–Crippen MR) is 93.0 cm³/mol. The van der Waals surface area contributed by atoms with Crippen molar-refractivity contribution in [3.05, 3.63) is 64.2 Å². The lowest BCUT2D eigenvalue weighted by Gasteiger charge is -2.14. The summed E-state index contributed by atoms with van der Waals surface area (Å²) in [5.74, 6) is 0.663. The van der Waals surface area contributed by atoms with Crippen LogP contribution in [-0.4, -0.2) is 26.9 Å². The number of nitrogens with zero attached hydrogens (tertiary/aromatic N) is 1. The van der Waals surface area contributed by atoms with Gasteiger partial charge in [-0.2, -0.15) is 0 Å². The fourth-order valence-electron chi connectivity index (χ4n) is 2.85. The Hall–Kier alpha value is -2.51. The summed E-state index contributed by atoms with van der Waals surface area (Å²) in [5, 5.41) is 18.3. The van der Waals surface area contributed by atoms with E-state index in [2.05, 4.69) is 23.4 Å². The van der Waals surface area contributed by atoms with Crippen LogP contribution in [0.3, 0.4) is 0 Å². The molecular formula is C17H19BN2O4. The third-order valence-corrected chi connectivity index (χ3v) is 3.97. The minimum atomic E-state index is -1.83. The molecule has 0 saturated carbocycles. The smallest absolute Gasteiger partial charge is 0.512 e. The van der Waals surface area contributed by atoms with Gasteiger partial charge in [0.2, 0.25) is 0 Å². The zero-order chi connectivity index (χ0) is 17.3. The topological polar surface area (TPSA) is 87.5 Å². The normalized spacial score (nSPS) is 11.2. The number of hydrogen-bond donors (Lipinski definition) is 3. The lowest BCUT2D eigenvalue weighted by Crippen LogP contribution is -2.20. The number of nitrogens with one attached hydrogen (secondary N) is 1. The summed E-state index contributed by atoms with van der Waals surface area (Å²) in [7, 11) is -1.83. The monoisotopic (exact) mass is 326 g/mol. The molecule has 0 atom stereocenters. The van der Waals surface area contributed by atoms with Crippen molar-refractivity contribution in [2.75, 3.05) is 0 Å². The Morgan fingerprint density at radius 1 is 1.21 bits per heavy atom. The van der Waals surface area contributed by atoms with Crippen molar-refractivity contribution in [2.24, 2.45) is 0 Å². The van der Waals surface area contributed by atoms with Gasteiger partial charge in [0, 0.05) is 18.4 Å². The Morgan fingerprint density at radius 3 is 2.54 bits per heavy atom. The van der Waals surface area contributed by atoms with Crippen LogP contribution >= 0.6 is 0 Å². The number of pyridine rings is 1. The highest BCUT2D eigenvalue weighted by molar-refractivity contribution is 6.33. The average molecular weight is 326 g/mol. The van der Waals surface area contributed by atoms with Crippen molar-refractivity contribution in [3.8, 4) is 5.75 Å². The second kappa shape index (κ2) is 6.55. The molecule has 0 saturated heterocycles. The lowest BCUT2D eigenvalue weighted by molar-refractivity contribution is 0.288. The van der Waals surface area contributed by atoms with Gasteiger partial charge in [0.1, 0.15) is 5.75 Å². The van der Waals surface area contributed by atoms with Crippen molar-refractivity contribution in [1.29, 1.82) is 0 Å². The fourth-order valence-corrected chi connectivity index (χ4v) is 2.85. The highest BCUT2D eigenvalue weighted by atomic mass is 16.6. The molecule has 0 aliphatic carbocycles. The maximum absolute atomic E-state index is 12.0. The predicted octanol–water partition coefficient (Wildman–Crippen LogP) is 1.85. The van der Waals surface area contributed by atoms with Gasteiger partial charge in [0.15, 0.2) is 0 Å². The van der Waals surface area contributed by atoms with Crippen molar-refractivity contribution >= 4 is 18.2 Å². The molecule has 2 heterocycles. The van der Waals surface area contributed by atoms with Gasteiger partial charge in [0.05, 0.1) is 10.9 Å². The third kappa shape index (κ3) is 3.22. The van der Waals surface area contributed by atoms with E-state index in [1.807, 2.05) is 24.3 Å². The minimum absolute atomic E-state index is 0.0890. The van der Waals surface area contributed by atoms with E-state index in [0.29, 0.717) is 17.7 Å². The summed E-state index contributed by atoms with van der Waals surface area (Å²) in [5.41, 5.74) is 2.92. The highest BCUT2D eigenvalue weighted by Gasteiger charge is 2.14. The van der Waals surface area contributed by atoms with Crippen LogP contribution in [-0.2, 0) is 6.54 Å². The molecule has 3 aromatic rings. The summed E-state index contributed by atoms with van der Waals surface area (Å²) in [6.07, 6.45) is 1.66. The van der Waals surface area contributed by atoms with Crippen LogP contribution in [0.4, 0.5) is 0 Å². The number of hydrogen-bond acceptors (Lipinski definition) is 4. The first-order valence-corrected chi connectivity index (χ1v) is 7.78. The Labute approximate surface area is 139 Å². The number of rotatable bonds is 5. The Morgan fingerprint density at radius 2 is 1.92 bits per heavy atom. The van der Waals surface area contributed by atoms with Crippen LogP contribution in [0, 0.1) is 0 Å². The standard InChI is InChI=1S/C17H19BN2O4/c1-11(2)16-9-14-15(7-8-19-17(14)21)20(16)10-12-3-5-13(6-4-12)24-18(22)23/h3-9,11,22-23H,10H2,1-2H3,(H,19,21). The van der Waals surface area contributed by atoms with E-state index < -0.39 is 7.32 Å². The van der Waals surface area contributed by atoms with Crippen molar-refractivity contribution < 1.29 is 14.7 Å². The highest BCUT2D eigenvalue weighted by Crippen LogP contribution is 2.25. The van der Waals surface area contributed by atoms with E-state index in [1.54, 1.807) is 18.3 Å². The molecule has 0 fully saturated rings. The van der Waals surface area contributed by atoms with Crippen molar-refractivity contribution in [3.63, 3.8) is 0 Å².